The lowest BCUT2D eigenvalue weighted by Crippen LogP contribution is -2.24. The minimum absolute atomic E-state index is 0.295. The highest BCUT2D eigenvalue weighted by Crippen LogP contribution is 2.19. The maximum absolute atomic E-state index is 11.1. The van der Waals surface area contributed by atoms with Crippen LogP contribution in [0.5, 0.6) is 11.5 Å². The van der Waals surface area contributed by atoms with Crippen LogP contribution in [0.25, 0.3) is 10.9 Å². The molecule has 0 spiro atoms. The average Bonchev–Trinajstić information content (AvgIpc) is 2.71. The van der Waals surface area contributed by atoms with Gasteiger partial charge in [0.05, 0.1) is 18.7 Å². The van der Waals surface area contributed by atoms with Gasteiger partial charge in [0.2, 0.25) is 0 Å². The normalized spacial score (nSPS) is 11.9. The van der Waals surface area contributed by atoms with Crippen molar-refractivity contribution in [2.75, 3.05) is 20.3 Å². The summed E-state index contributed by atoms with van der Waals surface area (Å²) < 4.78 is 16.5. The third kappa shape index (κ3) is 5.44. The van der Waals surface area contributed by atoms with Gasteiger partial charge in [-0.25, -0.2) is 4.79 Å². The third-order valence-corrected chi connectivity index (χ3v) is 4.28. The number of aromatic nitrogens is 1. The Kier molecular flexibility index (Phi) is 6.81. The topological polar surface area (TPSA) is 77.9 Å². The van der Waals surface area contributed by atoms with Crippen molar-refractivity contribution in [3.8, 4) is 11.5 Å². The number of aliphatic carboxylic acids is 1. The van der Waals surface area contributed by atoms with Crippen LogP contribution < -0.4 is 9.47 Å². The van der Waals surface area contributed by atoms with Crippen LogP contribution in [-0.4, -0.2) is 42.5 Å². The Balaban J connectivity index is 1.44. The number of benzene rings is 2. The van der Waals surface area contributed by atoms with E-state index in [9.17, 15) is 4.79 Å². The van der Waals surface area contributed by atoms with E-state index in [-0.39, 0.29) is 0 Å². The van der Waals surface area contributed by atoms with Gasteiger partial charge in [-0.1, -0.05) is 18.2 Å². The fraction of sp³-hybridized carbons (Fsp3) is 0.273. The van der Waals surface area contributed by atoms with Crippen LogP contribution in [0.15, 0.2) is 60.8 Å². The van der Waals surface area contributed by atoms with Gasteiger partial charge < -0.3 is 19.3 Å². The Labute approximate surface area is 163 Å². The molecule has 2 aromatic carbocycles. The molecule has 1 N–H and O–H groups in total. The number of fused-ring (bicyclic) bond motifs is 1. The van der Waals surface area contributed by atoms with Crippen molar-refractivity contribution in [1.29, 1.82) is 0 Å². The van der Waals surface area contributed by atoms with Crippen molar-refractivity contribution in [2.45, 2.75) is 18.9 Å². The summed E-state index contributed by atoms with van der Waals surface area (Å²) in [5, 5.41) is 10.1. The van der Waals surface area contributed by atoms with E-state index in [1.165, 1.54) is 7.11 Å². The Hall–Kier alpha value is -3.12. The second-order valence-electron chi connectivity index (χ2n) is 6.32. The monoisotopic (exact) mass is 381 g/mol. The van der Waals surface area contributed by atoms with Crippen LogP contribution in [-0.2, 0) is 16.0 Å². The number of hydrogen-bond donors (Lipinski definition) is 1. The molecule has 0 saturated carbocycles. The quantitative estimate of drug-likeness (QED) is 0.539. The molecule has 146 valence electrons. The molecule has 0 bridgehead atoms. The van der Waals surface area contributed by atoms with Crippen LogP contribution in [0, 0.1) is 0 Å². The number of carboxylic acid groups (broad SMARTS) is 1. The first-order valence-electron chi connectivity index (χ1n) is 9.10. The fourth-order valence-corrected chi connectivity index (χ4v) is 2.83. The van der Waals surface area contributed by atoms with Crippen LogP contribution in [0.1, 0.15) is 12.0 Å². The molecule has 1 atom stereocenters. The zero-order valence-electron chi connectivity index (χ0n) is 15.7. The lowest BCUT2D eigenvalue weighted by Gasteiger charge is -2.12. The summed E-state index contributed by atoms with van der Waals surface area (Å²) in [5.41, 5.74) is 1.80. The van der Waals surface area contributed by atoms with E-state index in [4.69, 9.17) is 19.3 Å². The molecule has 0 aliphatic heterocycles. The Bertz CT molecular complexity index is 927. The number of methoxy groups -OCH3 is 1. The van der Waals surface area contributed by atoms with Crippen molar-refractivity contribution in [1.82, 2.24) is 4.98 Å². The van der Waals surface area contributed by atoms with E-state index in [2.05, 4.69) is 4.98 Å². The predicted octanol–water partition coefficient (Wildman–Crippen LogP) is 3.72. The number of pyridine rings is 1. The molecule has 1 unspecified atom stereocenters. The Morgan fingerprint density at radius 3 is 2.57 bits per heavy atom. The summed E-state index contributed by atoms with van der Waals surface area (Å²) in [6.07, 6.45) is 1.93. The van der Waals surface area contributed by atoms with Crippen molar-refractivity contribution >= 4 is 16.9 Å². The zero-order chi connectivity index (χ0) is 19.8. The molecule has 0 radical (unpaired) electrons. The molecular formula is C22H23NO5. The third-order valence-electron chi connectivity index (χ3n) is 4.28. The van der Waals surface area contributed by atoms with Crippen molar-refractivity contribution in [2.24, 2.45) is 0 Å². The van der Waals surface area contributed by atoms with Crippen molar-refractivity contribution in [3.05, 3.63) is 66.4 Å². The predicted molar refractivity (Wildman–Crippen MR) is 106 cm³/mol. The number of carboxylic acids is 1. The largest absolute Gasteiger partial charge is 0.493 e. The molecule has 0 aliphatic rings. The minimum Gasteiger partial charge on any atom is -0.493 e. The summed E-state index contributed by atoms with van der Waals surface area (Å²) in [6.45, 7) is 1.04. The molecule has 3 rings (SSSR count). The first kappa shape index (κ1) is 19.6. The van der Waals surface area contributed by atoms with Crippen LogP contribution >= 0.6 is 0 Å². The van der Waals surface area contributed by atoms with Crippen LogP contribution in [0.3, 0.4) is 0 Å². The van der Waals surface area contributed by atoms with Gasteiger partial charge in [-0.3, -0.25) is 4.98 Å². The average molecular weight is 381 g/mol. The van der Waals surface area contributed by atoms with E-state index in [0.29, 0.717) is 25.4 Å². The molecule has 0 saturated heterocycles. The molecule has 1 aromatic heterocycles. The number of ether oxygens (including phenoxy) is 3. The van der Waals surface area contributed by atoms with Gasteiger partial charge >= 0.3 is 5.97 Å². The van der Waals surface area contributed by atoms with Crippen molar-refractivity contribution in [3.63, 3.8) is 0 Å². The Morgan fingerprint density at radius 1 is 1.04 bits per heavy atom. The standard InChI is InChI=1S/C22H23NO5/c1-26-21(22(24)25)14-16-5-2-7-18(13-16)27-11-4-12-28-19-8-9-20-17(15-19)6-3-10-23-20/h2-3,5-10,13,15,21H,4,11-12,14H2,1H3,(H,24,25). The van der Waals surface area contributed by atoms with Gasteiger partial charge in [-0.15, -0.1) is 0 Å². The molecular weight excluding hydrogens is 358 g/mol. The van der Waals surface area contributed by atoms with Crippen LogP contribution in [0.4, 0.5) is 0 Å². The van der Waals surface area contributed by atoms with Crippen molar-refractivity contribution < 1.29 is 24.1 Å². The molecule has 1 heterocycles. The van der Waals surface area contributed by atoms with E-state index in [1.807, 2.05) is 54.6 Å². The molecule has 3 aromatic rings. The van der Waals surface area contributed by atoms with Crippen LogP contribution in [0.2, 0.25) is 0 Å². The summed E-state index contributed by atoms with van der Waals surface area (Å²) in [6, 6.07) is 17.1. The maximum atomic E-state index is 11.1. The number of hydrogen-bond acceptors (Lipinski definition) is 5. The smallest absolute Gasteiger partial charge is 0.333 e. The minimum atomic E-state index is -0.976. The van der Waals surface area contributed by atoms with E-state index < -0.39 is 12.1 Å². The van der Waals surface area contributed by atoms with E-state index in [1.54, 1.807) is 6.20 Å². The van der Waals surface area contributed by atoms with Gasteiger partial charge in [-0.05, 0) is 42.0 Å². The van der Waals surface area contributed by atoms with Gasteiger partial charge in [0.15, 0.2) is 6.10 Å². The van der Waals surface area contributed by atoms with Gasteiger partial charge in [-0.2, -0.15) is 0 Å². The first-order valence-corrected chi connectivity index (χ1v) is 9.10. The maximum Gasteiger partial charge on any atom is 0.333 e. The lowest BCUT2D eigenvalue weighted by atomic mass is 10.1. The zero-order valence-corrected chi connectivity index (χ0v) is 15.7. The molecule has 6 nitrogen and oxygen atoms in total. The lowest BCUT2D eigenvalue weighted by molar-refractivity contribution is -0.148. The molecule has 0 aliphatic carbocycles. The van der Waals surface area contributed by atoms with E-state index in [0.717, 1.165) is 28.6 Å². The molecule has 0 fully saturated rings. The van der Waals surface area contributed by atoms with Gasteiger partial charge in [0.1, 0.15) is 11.5 Å². The first-order chi connectivity index (χ1) is 13.7. The number of carbonyl (C=O) groups is 1. The second-order valence-corrected chi connectivity index (χ2v) is 6.32. The summed E-state index contributed by atoms with van der Waals surface area (Å²) in [7, 11) is 1.39. The van der Waals surface area contributed by atoms with E-state index >= 15 is 0 Å². The summed E-state index contributed by atoms with van der Waals surface area (Å²) >= 11 is 0. The fourth-order valence-electron chi connectivity index (χ4n) is 2.83. The number of nitrogens with zero attached hydrogens (tertiary/aromatic N) is 1. The number of rotatable bonds is 10. The van der Waals surface area contributed by atoms with Gasteiger partial charge in [0, 0.05) is 31.5 Å². The Morgan fingerprint density at radius 2 is 1.82 bits per heavy atom. The molecule has 6 heteroatoms. The SMILES string of the molecule is COC(Cc1cccc(OCCCOc2ccc3ncccc3c2)c1)C(=O)O. The summed E-state index contributed by atoms with van der Waals surface area (Å²) in [5.74, 6) is 0.534. The highest BCUT2D eigenvalue weighted by Gasteiger charge is 2.16. The highest BCUT2D eigenvalue weighted by molar-refractivity contribution is 5.79. The molecule has 0 amide bonds. The second kappa shape index (κ2) is 9.71. The summed E-state index contributed by atoms with van der Waals surface area (Å²) in [4.78, 5) is 15.4. The van der Waals surface area contributed by atoms with Gasteiger partial charge in [0.25, 0.3) is 0 Å². The molecule has 28 heavy (non-hydrogen) atoms. The highest BCUT2D eigenvalue weighted by atomic mass is 16.5.